The number of alkyl halides is 3. The molecule has 5 heteroatoms. The van der Waals surface area contributed by atoms with Crippen LogP contribution >= 0.6 is 0 Å². The van der Waals surface area contributed by atoms with Crippen LogP contribution in [-0.4, -0.2) is 35.7 Å². The molecule has 2 unspecified atom stereocenters. The average molecular weight is 266 g/mol. The lowest BCUT2D eigenvalue weighted by molar-refractivity contribution is -0.159. The first-order chi connectivity index (χ1) is 8.04. The molecule has 0 radical (unpaired) electrons. The van der Waals surface area contributed by atoms with E-state index in [1.54, 1.807) is 13.8 Å². The fourth-order valence-electron chi connectivity index (χ4n) is 2.90. The molecule has 1 aliphatic carbocycles. The van der Waals surface area contributed by atoms with Crippen LogP contribution in [-0.2, 0) is 0 Å². The highest BCUT2D eigenvalue weighted by molar-refractivity contribution is 4.97. The highest BCUT2D eigenvalue weighted by Crippen LogP contribution is 2.37. The van der Waals surface area contributed by atoms with Crippen molar-refractivity contribution in [1.29, 1.82) is 0 Å². The lowest BCUT2D eigenvalue weighted by atomic mass is 9.70. The predicted molar refractivity (Wildman–Crippen MR) is 67.3 cm³/mol. The molecule has 0 spiro atoms. The van der Waals surface area contributed by atoms with E-state index >= 15 is 0 Å². The molecule has 0 aromatic carbocycles. The van der Waals surface area contributed by atoms with Crippen LogP contribution in [0.5, 0.6) is 0 Å². The first-order valence-corrected chi connectivity index (χ1v) is 6.62. The summed E-state index contributed by atoms with van der Waals surface area (Å²) in [4.78, 5) is 1.52. The Labute approximate surface area is 108 Å². The van der Waals surface area contributed by atoms with Crippen LogP contribution in [0.15, 0.2) is 0 Å². The molecule has 2 nitrogen and oxygen atoms in total. The molecule has 2 atom stereocenters. The van der Waals surface area contributed by atoms with E-state index in [0.29, 0.717) is 0 Å². The summed E-state index contributed by atoms with van der Waals surface area (Å²) < 4.78 is 38.0. The third-order valence-electron chi connectivity index (χ3n) is 4.09. The SMILES string of the molecule is CC(C)N(CC(F)(F)F)C1CCCC(C)(C)C1N. The van der Waals surface area contributed by atoms with Gasteiger partial charge in [-0.15, -0.1) is 0 Å². The fraction of sp³-hybridized carbons (Fsp3) is 1.00. The smallest absolute Gasteiger partial charge is 0.326 e. The van der Waals surface area contributed by atoms with Crippen molar-refractivity contribution in [3.8, 4) is 0 Å². The lowest BCUT2D eigenvalue weighted by Gasteiger charge is -2.48. The Hall–Kier alpha value is -0.290. The van der Waals surface area contributed by atoms with Gasteiger partial charge >= 0.3 is 6.18 Å². The first kappa shape index (κ1) is 15.8. The first-order valence-electron chi connectivity index (χ1n) is 6.62. The molecule has 0 aliphatic heterocycles. The van der Waals surface area contributed by atoms with E-state index in [9.17, 15) is 13.2 Å². The van der Waals surface area contributed by atoms with Gasteiger partial charge in [0.1, 0.15) is 0 Å². The van der Waals surface area contributed by atoms with Gasteiger partial charge in [0.15, 0.2) is 0 Å². The van der Waals surface area contributed by atoms with E-state index in [0.717, 1.165) is 19.3 Å². The quantitative estimate of drug-likeness (QED) is 0.850. The van der Waals surface area contributed by atoms with Crippen LogP contribution < -0.4 is 5.73 Å². The van der Waals surface area contributed by atoms with Gasteiger partial charge < -0.3 is 5.73 Å². The number of hydrogen-bond acceptors (Lipinski definition) is 2. The van der Waals surface area contributed by atoms with Crippen molar-refractivity contribution in [3.63, 3.8) is 0 Å². The van der Waals surface area contributed by atoms with Crippen LogP contribution in [0.1, 0.15) is 47.0 Å². The Kier molecular flexibility index (Phi) is 4.70. The molecule has 0 heterocycles. The second-order valence-corrected chi connectivity index (χ2v) is 6.36. The zero-order chi connectivity index (χ0) is 14.1. The van der Waals surface area contributed by atoms with Gasteiger partial charge in [0.05, 0.1) is 6.54 Å². The van der Waals surface area contributed by atoms with Gasteiger partial charge in [-0.1, -0.05) is 20.3 Å². The Morgan fingerprint density at radius 2 is 1.89 bits per heavy atom. The Morgan fingerprint density at radius 3 is 2.33 bits per heavy atom. The highest BCUT2D eigenvalue weighted by atomic mass is 19.4. The third kappa shape index (κ3) is 3.85. The van der Waals surface area contributed by atoms with Gasteiger partial charge in [-0.05, 0) is 32.1 Å². The molecule has 108 valence electrons. The van der Waals surface area contributed by atoms with E-state index < -0.39 is 12.7 Å². The minimum absolute atomic E-state index is 0.0817. The molecule has 1 saturated carbocycles. The minimum atomic E-state index is -4.16. The summed E-state index contributed by atoms with van der Waals surface area (Å²) in [6, 6.07) is -0.511. The Morgan fingerprint density at radius 1 is 1.33 bits per heavy atom. The second-order valence-electron chi connectivity index (χ2n) is 6.36. The fourth-order valence-corrected chi connectivity index (χ4v) is 2.90. The van der Waals surface area contributed by atoms with Crippen LogP contribution in [0.4, 0.5) is 13.2 Å². The van der Waals surface area contributed by atoms with Crippen molar-refractivity contribution >= 4 is 0 Å². The number of rotatable bonds is 3. The molecular weight excluding hydrogens is 241 g/mol. The third-order valence-corrected chi connectivity index (χ3v) is 4.09. The van der Waals surface area contributed by atoms with Gasteiger partial charge in [-0.3, -0.25) is 4.90 Å². The molecule has 0 saturated heterocycles. The van der Waals surface area contributed by atoms with Crippen LogP contribution in [0.3, 0.4) is 0 Å². The molecule has 0 amide bonds. The van der Waals surface area contributed by atoms with Crippen LogP contribution in [0, 0.1) is 5.41 Å². The molecule has 0 bridgehead atoms. The van der Waals surface area contributed by atoms with Crippen molar-refractivity contribution in [1.82, 2.24) is 4.90 Å². The van der Waals surface area contributed by atoms with E-state index in [-0.39, 0.29) is 23.5 Å². The molecule has 2 N–H and O–H groups in total. The zero-order valence-electron chi connectivity index (χ0n) is 11.7. The molecule has 0 aromatic heterocycles. The predicted octanol–water partition coefficient (Wildman–Crippen LogP) is 3.17. The van der Waals surface area contributed by atoms with Gasteiger partial charge in [0, 0.05) is 18.1 Å². The van der Waals surface area contributed by atoms with Gasteiger partial charge in [-0.2, -0.15) is 13.2 Å². The maximum Gasteiger partial charge on any atom is 0.401 e. The zero-order valence-corrected chi connectivity index (χ0v) is 11.7. The van der Waals surface area contributed by atoms with Crippen molar-refractivity contribution in [3.05, 3.63) is 0 Å². The van der Waals surface area contributed by atoms with Gasteiger partial charge in [0.2, 0.25) is 0 Å². The molecule has 1 rings (SSSR count). The van der Waals surface area contributed by atoms with E-state index in [1.807, 2.05) is 0 Å². The summed E-state index contributed by atoms with van der Waals surface area (Å²) in [5.41, 5.74) is 6.12. The summed E-state index contributed by atoms with van der Waals surface area (Å²) in [6.07, 6.45) is -1.46. The molecule has 0 aromatic rings. The van der Waals surface area contributed by atoms with E-state index in [2.05, 4.69) is 13.8 Å². The van der Waals surface area contributed by atoms with Crippen molar-refractivity contribution in [2.75, 3.05) is 6.54 Å². The second kappa shape index (κ2) is 5.37. The summed E-state index contributed by atoms with van der Waals surface area (Å²) >= 11 is 0. The normalized spacial score (nSPS) is 29.0. The molecule has 1 fully saturated rings. The number of nitrogens with two attached hydrogens (primary N) is 1. The molecular formula is C13H25F3N2. The van der Waals surface area contributed by atoms with Crippen LogP contribution in [0.25, 0.3) is 0 Å². The highest BCUT2D eigenvalue weighted by Gasteiger charge is 2.43. The summed E-state index contributed by atoms with van der Waals surface area (Å²) in [6.45, 7) is 6.85. The summed E-state index contributed by atoms with van der Waals surface area (Å²) in [5, 5.41) is 0. The Balaban J connectivity index is 2.85. The maximum absolute atomic E-state index is 12.7. The summed E-state index contributed by atoms with van der Waals surface area (Å²) in [7, 11) is 0. The van der Waals surface area contributed by atoms with Gasteiger partial charge in [0.25, 0.3) is 0 Å². The largest absolute Gasteiger partial charge is 0.401 e. The summed E-state index contributed by atoms with van der Waals surface area (Å²) in [5.74, 6) is 0. The molecule has 18 heavy (non-hydrogen) atoms. The van der Waals surface area contributed by atoms with Gasteiger partial charge in [-0.25, -0.2) is 0 Å². The number of halogens is 3. The maximum atomic E-state index is 12.7. The lowest BCUT2D eigenvalue weighted by Crippen LogP contribution is -2.60. The van der Waals surface area contributed by atoms with Crippen molar-refractivity contribution in [2.45, 2.75) is 71.3 Å². The number of hydrogen-bond donors (Lipinski definition) is 1. The standard InChI is InChI=1S/C13H25F3N2/c1-9(2)18(8-13(14,15)16)10-6-5-7-12(3,4)11(10)17/h9-11H,5-8,17H2,1-4H3. The number of nitrogens with zero attached hydrogens (tertiary/aromatic N) is 1. The van der Waals surface area contributed by atoms with Crippen molar-refractivity contribution in [2.24, 2.45) is 11.1 Å². The van der Waals surface area contributed by atoms with E-state index in [4.69, 9.17) is 5.73 Å². The minimum Gasteiger partial charge on any atom is -0.326 e. The topological polar surface area (TPSA) is 29.3 Å². The average Bonchev–Trinajstić information content (AvgIpc) is 2.17. The monoisotopic (exact) mass is 266 g/mol. The van der Waals surface area contributed by atoms with E-state index in [1.165, 1.54) is 4.90 Å². The van der Waals surface area contributed by atoms with Crippen LogP contribution in [0.2, 0.25) is 0 Å². The molecule has 1 aliphatic rings. The Bertz CT molecular complexity index is 274. The van der Waals surface area contributed by atoms with Crippen molar-refractivity contribution < 1.29 is 13.2 Å².